The van der Waals surface area contributed by atoms with Crippen molar-refractivity contribution in [3.63, 3.8) is 0 Å². The van der Waals surface area contributed by atoms with Gasteiger partial charge in [-0.3, -0.25) is 4.90 Å². The second-order valence-electron chi connectivity index (χ2n) is 4.64. The minimum atomic E-state index is -0.744. The zero-order chi connectivity index (χ0) is 15.6. The molecule has 1 aliphatic heterocycles. The van der Waals surface area contributed by atoms with Crippen LogP contribution in [-0.4, -0.2) is 35.7 Å². The Labute approximate surface area is 122 Å². The number of hydrogen-bond donors (Lipinski definition) is 1. The van der Waals surface area contributed by atoms with Crippen LogP contribution in [0, 0.1) is 0 Å². The van der Waals surface area contributed by atoms with Crippen LogP contribution < -0.4 is 4.74 Å². The van der Waals surface area contributed by atoms with Gasteiger partial charge in [0.1, 0.15) is 17.1 Å². The van der Waals surface area contributed by atoms with E-state index in [1.165, 1.54) is 18.9 Å². The number of aliphatic hydroxyl groups excluding tert-OH is 1. The molecule has 1 aliphatic rings. The summed E-state index contributed by atoms with van der Waals surface area (Å²) in [7, 11) is 1.51. The Kier molecular flexibility index (Phi) is 4.16. The molecule has 0 spiro atoms. The molecular weight excluding hydrogens is 274 g/mol. The number of amides is 1. The van der Waals surface area contributed by atoms with Crippen LogP contribution in [0.5, 0.6) is 5.75 Å². The van der Waals surface area contributed by atoms with Crippen LogP contribution in [0.1, 0.15) is 25.5 Å². The van der Waals surface area contributed by atoms with E-state index >= 15 is 0 Å². The number of fused-ring (bicyclic) bond motifs is 1. The first-order valence-electron chi connectivity index (χ1n) is 6.57. The fourth-order valence-electron chi connectivity index (χ4n) is 2.29. The van der Waals surface area contributed by atoms with Crippen LogP contribution in [0.15, 0.2) is 35.6 Å². The van der Waals surface area contributed by atoms with E-state index in [4.69, 9.17) is 9.47 Å². The lowest BCUT2D eigenvalue weighted by Crippen LogP contribution is -2.40. The van der Waals surface area contributed by atoms with Gasteiger partial charge in [-0.2, -0.15) is 0 Å². The molecule has 6 nitrogen and oxygen atoms in total. The van der Waals surface area contributed by atoms with E-state index in [1.54, 1.807) is 31.2 Å². The van der Waals surface area contributed by atoms with Gasteiger partial charge in [0.05, 0.1) is 12.6 Å². The van der Waals surface area contributed by atoms with E-state index in [0.717, 1.165) is 0 Å². The Morgan fingerprint density at radius 1 is 1.43 bits per heavy atom. The van der Waals surface area contributed by atoms with Gasteiger partial charge in [0, 0.05) is 12.6 Å². The highest BCUT2D eigenvalue weighted by molar-refractivity contribution is 5.92. The smallest absolute Gasteiger partial charge is 0.415 e. The maximum atomic E-state index is 12.1. The summed E-state index contributed by atoms with van der Waals surface area (Å²) in [5.41, 5.74) is 0.652. The van der Waals surface area contributed by atoms with Crippen molar-refractivity contribution in [2.24, 2.45) is 0 Å². The van der Waals surface area contributed by atoms with E-state index in [-0.39, 0.29) is 17.9 Å². The monoisotopic (exact) mass is 291 g/mol. The minimum absolute atomic E-state index is 0.0310. The third-order valence-corrected chi connectivity index (χ3v) is 3.24. The number of likely N-dealkylation sites (N-methyl/N-ethyl adjacent to an activating group) is 1. The van der Waals surface area contributed by atoms with Crippen molar-refractivity contribution >= 4 is 12.1 Å². The Bertz CT molecular complexity index is 604. The van der Waals surface area contributed by atoms with Gasteiger partial charge in [-0.05, 0) is 19.9 Å². The number of carbonyl (C=O) groups excluding carboxylic acids is 2. The van der Waals surface area contributed by atoms with Crippen LogP contribution in [0.4, 0.5) is 4.79 Å². The molecule has 1 aromatic rings. The maximum Gasteiger partial charge on any atom is 0.415 e. The first kappa shape index (κ1) is 14.9. The number of carbonyl (C=O) groups is 2. The van der Waals surface area contributed by atoms with Crippen LogP contribution in [-0.2, 0) is 9.53 Å². The predicted octanol–water partition coefficient (Wildman–Crippen LogP) is 2.57. The van der Waals surface area contributed by atoms with Gasteiger partial charge in [-0.25, -0.2) is 9.59 Å². The summed E-state index contributed by atoms with van der Waals surface area (Å²) < 4.78 is 10.2. The summed E-state index contributed by atoms with van der Waals surface area (Å²) in [4.78, 5) is 25.3. The zero-order valence-corrected chi connectivity index (χ0v) is 12.1. The molecule has 0 saturated heterocycles. The second-order valence-corrected chi connectivity index (χ2v) is 4.64. The van der Waals surface area contributed by atoms with E-state index in [9.17, 15) is 14.7 Å². The molecule has 1 unspecified atom stereocenters. The van der Waals surface area contributed by atoms with Gasteiger partial charge in [0.25, 0.3) is 0 Å². The van der Waals surface area contributed by atoms with Gasteiger partial charge in [-0.1, -0.05) is 18.2 Å². The zero-order valence-electron chi connectivity index (χ0n) is 12.1. The average molecular weight is 291 g/mol. The van der Waals surface area contributed by atoms with Crippen LogP contribution in [0.3, 0.4) is 0 Å². The number of allylic oxidation sites excluding steroid dienone is 1. The summed E-state index contributed by atoms with van der Waals surface area (Å²) in [6, 6.07) is 6.14. The van der Waals surface area contributed by atoms with Crippen molar-refractivity contribution < 1.29 is 24.2 Å². The normalized spacial score (nSPS) is 18.5. The Balaban J connectivity index is 2.56. The van der Waals surface area contributed by atoms with E-state index < -0.39 is 18.1 Å². The number of rotatable bonds is 3. The van der Waals surface area contributed by atoms with Gasteiger partial charge >= 0.3 is 12.1 Å². The molecule has 6 heteroatoms. The molecule has 1 N–H and O–H groups in total. The number of aliphatic hydroxyl groups is 1. The predicted molar refractivity (Wildman–Crippen MR) is 74.9 cm³/mol. The second kappa shape index (κ2) is 5.87. The van der Waals surface area contributed by atoms with E-state index in [1.807, 2.05) is 0 Å². The molecule has 0 bridgehead atoms. The lowest BCUT2D eigenvalue weighted by molar-refractivity contribution is -0.139. The SMILES string of the molecule is CCOC(=O)/C(=C(/C)O)C1c2ccccc2OC(=O)N1C. The molecule has 2 rings (SSSR count). The molecule has 1 heterocycles. The Morgan fingerprint density at radius 3 is 2.71 bits per heavy atom. The Morgan fingerprint density at radius 2 is 2.10 bits per heavy atom. The number of ether oxygens (including phenoxy) is 2. The van der Waals surface area contributed by atoms with Gasteiger partial charge in [0.15, 0.2) is 0 Å². The van der Waals surface area contributed by atoms with Crippen LogP contribution in [0.25, 0.3) is 0 Å². The van der Waals surface area contributed by atoms with Crippen molar-refractivity contribution in [1.29, 1.82) is 0 Å². The van der Waals surface area contributed by atoms with Crippen molar-refractivity contribution in [3.8, 4) is 5.75 Å². The number of esters is 1. The highest BCUT2D eigenvalue weighted by Crippen LogP contribution is 2.39. The molecule has 0 saturated carbocycles. The van der Waals surface area contributed by atoms with Crippen LogP contribution >= 0.6 is 0 Å². The third-order valence-electron chi connectivity index (χ3n) is 3.24. The molecule has 0 aromatic heterocycles. The summed E-state index contributed by atoms with van der Waals surface area (Å²) in [5, 5.41) is 9.89. The molecular formula is C15H17NO5. The van der Waals surface area contributed by atoms with E-state index in [2.05, 4.69) is 0 Å². The van der Waals surface area contributed by atoms with Crippen molar-refractivity contribution in [1.82, 2.24) is 4.90 Å². The largest absolute Gasteiger partial charge is 0.512 e. The van der Waals surface area contributed by atoms with Crippen molar-refractivity contribution in [2.75, 3.05) is 13.7 Å². The number of nitrogens with zero attached hydrogens (tertiary/aromatic N) is 1. The molecule has 112 valence electrons. The highest BCUT2D eigenvalue weighted by atomic mass is 16.6. The van der Waals surface area contributed by atoms with E-state index in [0.29, 0.717) is 11.3 Å². The molecule has 1 atom stereocenters. The molecule has 1 aromatic carbocycles. The molecule has 0 radical (unpaired) electrons. The first-order valence-corrected chi connectivity index (χ1v) is 6.57. The summed E-state index contributed by atoms with van der Waals surface area (Å²) in [5.74, 6) is -0.470. The van der Waals surface area contributed by atoms with Gasteiger partial charge in [0.2, 0.25) is 0 Å². The fraction of sp³-hybridized carbons (Fsp3) is 0.333. The average Bonchev–Trinajstić information content (AvgIpc) is 2.43. The number of benzene rings is 1. The first-order chi connectivity index (χ1) is 9.97. The van der Waals surface area contributed by atoms with Crippen molar-refractivity contribution in [3.05, 3.63) is 41.2 Å². The molecule has 21 heavy (non-hydrogen) atoms. The quantitative estimate of drug-likeness (QED) is 0.526. The topological polar surface area (TPSA) is 76.1 Å². The maximum absolute atomic E-state index is 12.1. The van der Waals surface area contributed by atoms with Crippen molar-refractivity contribution in [2.45, 2.75) is 19.9 Å². The lowest BCUT2D eigenvalue weighted by Gasteiger charge is -2.34. The summed E-state index contributed by atoms with van der Waals surface area (Å²) in [6.45, 7) is 3.25. The third kappa shape index (κ3) is 2.69. The fourth-order valence-corrected chi connectivity index (χ4v) is 2.29. The number of para-hydroxylation sites is 1. The summed E-state index contributed by atoms with van der Waals surface area (Å²) in [6.07, 6.45) is -0.596. The summed E-state index contributed by atoms with van der Waals surface area (Å²) >= 11 is 0. The molecule has 0 fully saturated rings. The van der Waals surface area contributed by atoms with Gasteiger partial charge < -0.3 is 14.6 Å². The molecule has 1 amide bonds. The standard InChI is InChI=1S/C15H17NO5/c1-4-20-14(18)12(9(2)17)13-10-7-5-6-8-11(10)21-15(19)16(13)3/h5-8,13,17H,4H2,1-3H3/b12-9-. The highest BCUT2D eigenvalue weighted by Gasteiger charge is 2.38. The van der Waals surface area contributed by atoms with Crippen LogP contribution in [0.2, 0.25) is 0 Å². The lowest BCUT2D eigenvalue weighted by atomic mass is 9.94. The van der Waals surface area contributed by atoms with Gasteiger partial charge in [-0.15, -0.1) is 0 Å². The number of hydrogen-bond acceptors (Lipinski definition) is 5. The Hall–Kier alpha value is -2.50. The molecule has 0 aliphatic carbocycles. The minimum Gasteiger partial charge on any atom is -0.512 e.